The molecule has 28 heavy (non-hydrogen) atoms. The molecule has 0 bridgehead atoms. The summed E-state index contributed by atoms with van der Waals surface area (Å²) >= 11 is 6.53. The maximum atomic E-state index is 12.9. The van der Waals surface area contributed by atoms with E-state index in [0.717, 1.165) is 18.4 Å². The molecule has 1 aliphatic rings. The molecule has 0 atom stereocenters. The van der Waals surface area contributed by atoms with Crippen molar-refractivity contribution in [1.29, 1.82) is 0 Å². The van der Waals surface area contributed by atoms with E-state index in [0.29, 0.717) is 29.5 Å². The molecular formula is C23H24ClN3O. The number of rotatable bonds is 6. The van der Waals surface area contributed by atoms with Gasteiger partial charge in [0.1, 0.15) is 5.15 Å². The van der Waals surface area contributed by atoms with E-state index in [2.05, 4.69) is 34.7 Å². The van der Waals surface area contributed by atoms with Crippen LogP contribution in [0.15, 0.2) is 60.7 Å². The van der Waals surface area contributed by atoms with E-state index in [1.54, 1.807) is 4.68 Å². The van der Waals surface area contributed by atoms with Crippen LogP contribution in [0.4, 0.5) is 0 Å². The minimum Gasteiger partial charge on any atom is -0.351 e. The number of aryl methyl sites for hydroxylation is 1. The first-order valence-electron chi connectivity index (χ1n) is 9.70. The van der Waals surface area contributed by atoms with E-state index in [1.807, 2.05) is 43.3 Å². The van der Waals surface area contributed by atoms with Gasteiger partial charge in [-0.15, -0.1) is 0 Å². The normalized spacial score (nSPS) is 15.1. The Bertz CT molecular complexity index is 962. The van der Waals surface area contributed by atoms with Crippen LogP contribution in [0.3, 0.4) is 0 Å². The second kappa shape index (κ2) is 7.80. The standard InChI is InChI=1S/C23H24ClN3O/c1-17-20(21(24)27(26-17)15-18-9-4-2-5-10-18)22(28)25-16-23(13-8-14-23)19-11-6-3-7-12-19/h2-7,9-12H,8,13-16H2,1H3,(H,25,28). The largest absolute Gasteiger partial charge is 0.351 e. The molecule has 3 aromatic rings. The molecule has 1 heterocycles. The summed E-state index contributed by atoms with van der Waals surface area (Å²) in [6.45, 7) is 3.00. The topological polar surface area (TPSA) is 46.9 Å². The SMILES string of the molecule is Cc1nn(Cc2ccccc2)c(Cl)c1C(=O)NCC1(c2ccccc2)CCC1. The van der Waals surface area contributed by atoms with Gasteiger partial charge in [0.15, 0.2) is 0 Å². The Labute approximate surface area is 170 Å². The van der Waals surface area contributed by atoms with Crippen LogP contribution >= 0.6 is 11.6 Å². The lowest BCUT2D eigenvalue weighted by Gasteiger charge is -2.42. The number of hydrogen-bond donors (Lipinski definition) is 1. The smallest absolute Gasteiger partial charge is 0.256 e. The van der Waals surface area contributed by atoms with Crippen LogP contribution < -0.4 is 5.32 Å². The van der Waals surface area contributed by atoms with Crippen molar-refractivity contribution in [3.8, 4) is 0 Å². The highest BCUT2D eigenvalue weighted by molar-refractivity contribution is 6.33. The third-order valence-electron chi connectivity index (χ3n) is 5.75. The van der Waals surface area contributed by atoms with E-state index in [-0.39, 0.29) is 11.3 Å². The lowest BCUT2D eigenvalue weighted by atomic mass is 9.64. The van der Waals surface area contributed by atoms with Gasteiger partial charge in [-0.1, -0.05) is 78.7 Å². The highest BCUT2D eigenvalue weighted by Crippen LogP contribution is 2.43. The molecule has 4 rings (SSSR count). The zero-order valence-electron chi connectivity index (χ0n) is 16.0. The van der Waals surface area contributed by atoms with Crippen molar-refractivity contribution in [3.63, 3.8) is 0 Å². The molecular weight excluding hydrogens is 370 g/mol. The maximum absolute atomic E-state index is 12.9. The third-order valence-corrected chi connectivity index (χ3v) is 6.14. The molecule has 0 spiro atoms. The Hall–Kier alpha value is -2.59. The average molecular weight is 394 g/mol. The summed E-state index contributed by atoms with van der Waals surface area (Å²) in [4.78, 5) is 12.9. The zero-order chi connectivity index (χ0) is 19.6. The van der Waals surface area contributed by atoms with Crippen molar-refractivity contribution in [3.05, 3.63) is 88.2 Å². The third kappa shape index (κ3) is 3.57. The van der Waals surface area contributed by atoms with Gasteiger partial charge in [0.25, 0.3) is 5.91 Å². The second-order valence-electron chi connectivity index (χ2n) is 7.58. The molecule has 1 fully saturated rings. The molecule has 0 unspecified atom stereocenters. The summed E-state index contributed by atoms with van der Waals surface area (Å²) < 4.78 is 1.69. The Morgan fingerprint density at radius 2 is 1.75 bits per heavy atom. The van der Waals surface area contributed by atoms with Gasteiger partial charge in [0, 0.05) is 12.0 Å². The van der Waals surface area contributed by atoms with Gasteiger partial charge in [0.2, 0.25) is 0 Å². The summed E-state index contributed by atoms with van der Waals surface area (Å²) in [5.74, 6) is -0.149. The fourth-order valence-corrected chi connectivity index (χ4v) is 4.29. The van der Waals surface area contributed by atoms with Gasteiger partial charge in [0.05, 0.1) is 17.8 Å². The molecule has 0 radical (unpaired) electrons. The predicted molar refractivity (Wildman–Crippen MR) is 112 cm³/mol. The van der Waals surface area contributed by atoms with Crippen LogP contribution in [0.5, 0.6) is 0 Å². The number of amides is 1. The predicted octanol–water partition coefficient (Wildman–Crippen LogP) is 4.74. The summed E-state index contributed by atoms with van der Waals surface area (Å²) in [6, 6.07) is 20.4. The summed E-state index contributed by atoms with van der Waals surface area (Å²) in [5.41, 5.74) is 3.55. The van der Waals surface area contributed by atoms with E-state index in [4.69, 9.17) is 11.6 Å². The molecule has 5 heteroatoms. The number of aromatic nitrogens is 2. The Morgan fingerprint density at radius 1 is 1.11 bits per heavy atom. The minimum atomic E-state index is -0.149. The number of carbonyl (C=O) groups excluding carboxylic acids is 1. The number of halogens is 1. The van der Waals surface area contributed by atoms with Crippen molar-refractivity contribution in [2.45, 2.75) is 38.1 Å². The minimum absolute atomic E-state index is 0.0390. The fraction of sp³-hybridized carbons (Fsp3) is 0.304. The first-order valence-corrected chi connectivity index (χ1v) is 10.1. The molecule has 1 N–H and O–H groups in total. The number of hydrogen-bond acceptors (Lipinski definition) is 2. The van der Waals surface area contributed by atoms with Crippen LogP contribution in [-0.2, 0) is 12.0 Å². The van der Waals surface area contributed by atoms with E-state index < -0.39 is 0 Å². The Kier molecular flexibility index (Phi) is 5.23. The Balaban J connectivity index is 1.49. The van der Waals surface area contributed by atoms with E-state index >= 15 is 0 Å². The number of nitrogens with one attached hydrogen (secondary N) is 1. The van der Waals surface area contributed by atoms with E-state index in [1.165, 1.54) is 12.0 Å². The number of carbonyl (C=O) groups is 1. The van der Waals surface area contributed by atoms with E-state index in [9.17, 15) is 4.79 Å². The van der Waals surface area contributed by atoms with Gasteiger partial charge in [-0.2, -0.15) is 5.10 Å². The maximum Gasteiger partial charge on any atom is 0.256 e. The van der Waals surface area contributed by atoms with Crippen LogP contribution in [0.2, 0.25) is 5.15 Å². The van der Waals surface area contributed by atoms with Crippen LogP contribution in [0.25, 0.3) is 0 Å². The van der Waals surface area contributed by atoms with Crippen LogP contribution in [0, 0.1) is 6.92 Å². The molecule has 1 saturated carbocycles. The molecule has 2 aromatic carbocycles. The zero-order valence-corrected chi connectivity index (χ0v) is 16.7. The first-order chi connectivity index (χ1) is 13.6. The molecule has 1 aromatic heterocycles. The van der Waals surface area contributed by atoms with Crippen molar-refractivity contribution in [2.24, 2.45) is 0 Å². The van der Waals surface area contributed by atoms with Crippen molar-refractivity contribution >= 4 is 17.5 Å². The highest BCUT2D eigenvalue weighted by Gasteiger charge is 2.39. The fourth-order valence-electron chi connectivity index (χ4n) is 3.97. The number of benzene rings is 2. The van der Waals surface area contributed by atoms with Gasteiger partial charge in [-0.25, -0.2) is 4.68 Å². The van der Waals surface area contributed by atoms with Gasteiger partial charge < -0.3 is 5.32 Å². The summed E-state index contributed by atoms with van der Waals surface area (Å²) in [5, 5.41) is 8.00. The monoisotopic (exact) mass is 393 g/mol. The lowest BCUT2D eigenvalue weighted by molar-refractivity contribution is 0.0927. The Morgan fingerprint density at radius 3 is 2.36 bits per heavy atom. The molecule has 144 valence electrons. The van der Waals surface area contributed by atoms with Crippen molar-refractivity contribution in [1.82, 2.24) is 15.1 Å². The van der Waals surface area contributed by atoms with Gasteiger partial charge >= 0.3 is 0 Å². The summed E-state index contributed by atoms with van der Waals surface area (Å²) in [6.07, 6.45) is 3.38. The average Bonchev–Trinajstić information content (AvgIpc) is 2.96. The van der Waals surface area contributed by atoms with Gasteiger partial charge in [-0.3, -0.25) is 4.79 Å². The molecule has 0 aliphatic heterocycles. The quantitative estimate of drug-likeness (QED) is 0.657. The summed E-state index contributed by atoms with van der Waals surface area (Å²) in [7, 11) is 0. The highest BCUT2D eigenvalue weighted by atomic mass is 35.5. The molecule has 0 saturated heterocycles. The second-order valence-corrected chi connectivity index (χ2v) is 7.94. The van der Waals surface area contributed by atoms with Crippen LogP contribution in [-0.4, -0.2) is 22.2 Å². The van der Waals surface area contributed by atoms with Gasteiger partial charge in [-0.05, 0) is 30.9 Å². The van der Waals surface area contributed by atoms with Crippen molar-refractivity contribution in [2.75, 3.05) is 6.54 Å². The lowest BCUT2D eigenvalue weighted by Crippen LogP contribution is -2.45. The van der Waals surface area contributed by atoms with Crippen LogP contribution in [0.1, 0.15) is 46.4 Å². The molecule has 1 amide bonds. The van der Waals surface area contributed by atoms with Crippen molar-refractivity contribution < 1.29 is 4.79 Å². The molecule has 1 aliphatic carbocycles. The number of nitrogens with zero attached hydrogens (tertiary/aromatic N) is 2. The molecule has 4 nitrogen and oxygen atoms in total. The first kappa shape index (κ1) is 18.8.